The maximum absolute atomic E-state index is 12.1. The number of carbonyl (C=O) groups is 1. The molecule has 0 unspecified atom stereocenters. The molecule has 3 rings (SSSR count). The zero-order chi connectivity index (χ0) is 19.3. The predicted octanol–water partition coefficient (Wildman–Crippen LogP) is 4.02. The van der Waals surface area contributed by atoms with Crippen LogP contribution in [0.15, 0.2) is 70.7 Å². The first-order valence-electron chi connectivity index (χ1n) is 7.88. The van der Waals surface area contributed by atoms with Crippen molar-refractivity contribution in [3.05, 3.63) is 76.9 Å². The molecule has 0 aliphatic rings. The number of anilines is 1. The van der Waals surface area contributed by atoms with Gasteiger partial charge in [0.15, 0.2) is 9.84 Å². The summed E-state index contributed by atoms with van der Waals surface area (Å²) in [5.74, 6) is -1.45. The van der Waals surface area contributed by atoms with E-state index in [2.05, 4.69) is 10.3 Å². The third-order valence-electron chi connectivity index (χ3n) is 3.49. The van der Waals surface area contributed by atoms with Crippen LogP contribution in [0, 0.1) is 0 Å². The molecule has 0 spiro atoms. The van der Waals surface area contributed by atoms with Crippen molar-refractivity contribution < 1.29 is 17.6 Å². The minimum absolute atomic E-state index is 0.0767. The Balaban J connectivity index is 1.62. The van der Waals surface area contributed by atoms with Crippen LogP contribution >= 0.6 is 11.6 Å². The highest BCUT2D eigenvalue weighted by Crippen LogP contribution is 2.22. The molecule has 0 aliphatic heterocycles. The number of nitrogens with zero attached hydrogens (tertiary/aromatic N) is 1. The molecule has 0 aliphatic carbocycles. The van der Waals surface area contributed by atoms with Gasteiger partial charge >= 0.3 is 6.01 Å². The number of sulfone groups is 1. The van der Waals surface area contributed by atoms with Crippen LogP contribution < -0.4 is 5.32 Å². The first kappa shape index (κ1) is 18.9. The van der Waals surface area contributed by atoms with Gasteiger partial charge in [-0.3, -0.25) is 10.1 Å². The first-order chi connectivity index (χ1) is 12.9. The largest absolute Gasteiger partial charge is 0.431 e. The molecule has 1 N–H and O–H groups in total. The first-order valence-corrected chi connectivity index (χ1v) is 9.98. The van der Waals surface area contributed by atoms with Crippen molar-refractivity contribution in [2.24, 2.45) is 0 Å². The molecule has 0 radical (unpaired) electrons. The van der Waals surface area contributed by atoms with Crippen molar-refractivity contribution in [3.63, 3.8) is 0 Å². The van der Waals surface area contributed by atoms with Gasteiger partial charge in [-0.2, -0.15) is 4.98 Å². The van der Waals surface area contributed by atoms with Gasteiger partial charge in [-0.1, -0.05) is 54.1 Å². The molecule has 27 heavy (non-hydrogen) atoms. The molecule has 0 saturated heterocycles. The molecule has 1 amide bonds. The molecule has 3 aromatic rings. The third kappa shape index (κ3) is 5.54. The number of nitrogens with one attached hydrogen (secondary N) is 1. The molecule has 1 aromatic heterocycles. The fraction of sp³-hybridized carbons (Fsp3) is 0.0526. The van der Waals surface area contributed by atoms with E-state index in [1.165, 1.54) is 12.3 Å². The Bertz CT molecular complexity index is 1060. The summed E-state index contributed by atoms with van der Waals surface area (Å²) in [5, 5.41) is 3.94. The Morgan fingerprint density at radius 1 is 1.11 bits per heavy atom. The average molecular weight is 403 g/mol. The molecule has 8 heteroatoms. The van der Waals surface area contributed by atoms with Crippen LogP contribution in [0.5, 0.6) is 0 Å². The van der Waals surface area contributed by atoms with Gasteiger partial charge in [-0.15, -0.1) is 0 Å². The Kier molecular flexibility index (Phi) is 5.73. The summed E-state index contributed by atoms with van der Waals surface area (Å²) < 4.78 is 29.3. The summed E-state index contributed by atoms with van der Waals surface area (Å²) in [4.78, 5) is 16.1. The van der Waals surface area contributed by atoms with Crippen molar-refractivity contribution in [1.82, 2.24) is 4.98 Å². The monoisotopic (exact) mass is 402 g/mol. The zero-order valence-corrected chi connectivity index (χ0v) is 15.6. The second-order valence-corrected chi connectivity index (χ2v) is 7.94. The van der Waals surface area contributed by atoms with E-state index in [9.17, 15) is 13.2 Å². The number of halogens is 1. The number of rotatable bonds is 6. The molecule has 0 atom stereocenters. The normalized spacial score (nSPS) is 11.6. The van der Waals surface area contributed by atoms with E-state index in [0.29, 0.717) is 10.7 Å². The molecule has 2 aromatic carbocycles. The minimum Gasteiger partial charge on any atom is -0.431 e. The van der Waals surface area contributed by atoms with Gasteiger partial charge in [0.05, 0.1) is 0 Å². The molecular formula is C19H15ClN2O4S. The van der Waals surface area contributed by atoms with E-state index >= 15 is 0 Å². The third-order valence-corrected chi connectivity index (χ3v) is 4.96. The topological polar surface area (TPSA) is 89.3 Å². The maximum Gasteiger partial charge on any atom is 0.301 e. The van der Waals surface area contributed by atoms with Gasteiger partial charge in [0.2, 0.25) is 5.91 Å². The standard InChI is InChI=1S/C19H15ClN2O4S/c20-16-8-6-15(7-9-16)17-12-26-19(21-17)22-18(23)13-27(24,25)11-10-14-4-2-1-3-5-14/h1-12H,13H2,(H,21,22,23)/b11-10-. The van der Waals surface area contributed by atoms with Crippen molar-refractivity contribution in [3.8, 4) is 11.3 Å². The SMILES string of the molecule is O=C(CS(=O)(=O)/C=C\c1ccccc1)Nc1nc(-c2ccc(Cl)cc2)co1. The summed E-state index contributed by atoms with van der Waals surface area (Å²) >= 11 is 5.84. The number of benzene rings is 2. The van der Waals surface area contributed by atoms with E-state index in [0.717, 1.165) is 16.5 Å². The van der Waals surface area contributed by atoms with Gasteiger partial charge in [0.25, 0.3) is 0 Å². The molecule has 6 nitrogen and oxygen atoms in total. The van der Waals surface area contributed by atoms with Crippen molar-refractivity contribution in [2.45, 2.75) is 0 Å². The Labute approximate surface area is 161 Å². The van der Waals surface area contributed by atoms with Gasteiger partial charge in [0.1, 0.15) is 17.7 Å². The van der Waals surface area contributed by atoms with Crippen molar-refractivity contribution >= 4 is 39.4 Å². The van der Waals surface area contributed by atoms with Crippen molar-refractivity contribution in [1.29, 1.82) is 0 Å². The van der Waals surface area contributed by atoms with Crippen LogP contribution in [0.4, 0.5) is 6.01 Å². The summed E-state index contributed by atoms with van der Waals surface area (Å²) in [6, 6.07) is 15.8. The summed E-state index contributed by atoms with van der Waals surface area (Å²) in [5.41, 5.74) is 1.97. The number of amides is 1. The fourth-order valence-corrected chi connectivity index (χ4v) is 3.24. The molecule has 0 bridgehead atoms. The highest BCUT2D eigenvalue weighted by atomic mass is 35.5. The summed E-state index contributed by atoms with van der Waals surface area (Å²) in [7, 11) is -3.73. The van der Waals surface area contributed by atoms with Crippen LogP contribution in [0.25, 0.3) is 17.3 Å². The highest BCUT2D eigenvalue weighted by Gasteiger charge is 2.16. The number of oxazole rings is 1. The maximum atomic E-state index is 12.1. The Morgan fingerprint density at radius 2 is 1.81 bits per heavy atom. The second kappa shape index (κ2) is 8.20. The van der Waals surface area contributed by atoms with Crippen LogP contribution in [0.1, 0.15) is 5.56 Å². The number of carbonyl (C=O) groups excluding carboxylic acids is 1. The van der Waals surface area contributed by atoms with Gasteiger partial charge < -0.3 is 4.42 Å². The lowest BCUT2D eigenvalue weighted by Gasteiger charge is -2.00. The van der Waals surface area contributed by atoms with E-state index in [4.69, 9.17) is 16.0 Å². The van der Waals surface area contributed by atoms with Gasteiger partial charge in [0, 0.05) is 16.0 Å². The Hall–Kier alpha value is -2.90. The molecule has 138 valence electrons. The minimum atomic E-state index is -3.73. The van der Waals surface area contributed by atoms with E-state index in [1.807, 2.05) is 6.07 Å². The molecule has 1 heterocycles. The van der Waals surface area contributed by atoms with Crippen molar-refractivity contribution in [2.75, 3.05) is 11.1 Å². The Morgan fingerprint density at radius 3 is 2.52 bits per heavy atom. The van der Waals surface area contributed by atoms with Gasteiger partial charge in [-0.25, -0.2) is 8.42 Å². The van der Waals surface area contributed by atoms with Gasteiger partial charge in [-0.05, 0) is 23.8 Å². The molecule has 0 fully saturated rings. The highest BCUT2D eigenvalue weighted by molar-refractivity contribution is 7.95. The molecular weight excluding hydrogens is 388 g/mol. The van der Waals surface area contributed by atoms with Crippen LogP contribution in [0.3, 0.4) is 0 Å². The smallest absolute Gasteiger partial charge is 0.301 e. The average Bonchev–Trinajstić information content (AvgIpc) is 3.09. The predicted molar refractivity (Wildman–Crippen MR) is 105 cm³/mol. The summed E-state index contributed by atoms with van der Waals surface area (Å²) in [6.45, 7) is 0. The van der Waals surface area contributed by atoms with E-state index in [1.54, 1.807) is 48.5 Å². The lowest BCUT2D eigenvalue weighted by Crippen LogP contribution is -2.21. The second-order valence-electron chi connectivity index (χ2n) is 5.61. The molecule has 0 saturated carbocycles. The van der Waals surface area contributed by atoms with Crippen LogP contribution in [-0.4, -0.2) is 25.1 Å². The zero-order valence-electron chi connectivity index (χ0n) is 14.0. The number of aromatic nitrogens is 1. The number of hydrogen-bond donors (Lipinski definition) is 1. The van der Waals surface area contributed by atoms with E-state index < -0.39 is 21.5 Å². The summed E-state index contributed by atoms with van der Waals surface area (Å²) in [6.07, 6.45) is 2.80. The quantitative estimate of drug-likeness (QED) is 0.672. The number of hydrogen-bond acceptors (Lipinski definition) is 5. The van der Waals surface area contributed by atoms with Crippen LogP contribution in [0.2, 0.25) is 5.02 Å². The van der Waals surface area contributed by atoms with E-state index in [-0.39, 0.29) is 6.01 Å². The van der Waals surface area contributed by atoms with Crippen LogP contribution in [-0.2, 0) is 14.6 Å². The fourth-order valence-electron chi connectivity index (χ4n) is 2.22. The lowest BCUT2D eigenvalue weighted by molar-refractivity contribution is -0.114. The lowest BCUT2D eigenvalue weighted by atomic mass is 10.2.